The van der Waals surface area contributed by atoms with E-state index in [0.717, 1.165) is 11.1 Å². The Balaban J connectivity index is 2.57. The molecular weight excluding hydrogens is 200 g/mol. The van der Waals surface area contributed by atoms with Crippen LogP contribution < -0.4 is 0 Å². The molecule has 2 heteroatoms. The average molecular weight is 216 g/mol. The van der Waals surface area contributed by atoms with Gasteiger partial charge < -0.3 is 0 Å². The van der Waals surface area contributed by atoms with Gasteiger partial charge in [0.05, 0.1) is 5.41 Å². The van der Waals surface area contributed by atoms with Crippen molar-refractivity contribution >= 4 is 11.6 Å². The van der Waals surface area contributed by atoms with Gasteiger partial charge in [0.25, 0.3) is 0 Å². The van der Waals surface area contributed by atoms with Crippen molar-refractivity contribution < 1.29 is 9.59 Å². The molecule has 84 valence electrons. The summed E-state index contributed by atoms with van der Waals surface area (Å²) >= 11 is 0. The molecule has 0 aromatic heterocycles. The fourth-order valence-corrected chi connectivity index (χ4v) is 2.59. The molecular formula is C14H16O2. The third-order valence-electron chi connectivity index (χ3n) is 3.79. The number of hydrogen-bond donors (Lipinski definition) is 0. The molecule has 0 unspecified atom stereocenters. The van der Waals surface area contributed by atoms with Crippen molar-refractivity contribution in [2.24, 2.45) is 5.41 Å². The van der Waals surface area contributed by atoms with Gasteiger partial charge in [-0.15, -0.1) is 0 Å². The highest BCUT2D eigenvalue weighted by Gasteiger charge is 2.45. The highest BCUT2D eigenvalue weighted by Crippen LogP contribution is 2.38. The minimum absolute atomic E-state index is 0.0179. The van der Waals surface area contributed by atoms with Crippen LogP contribution in [0, 0.1) is 5.41 Å². The number of fused-ring (bicyclic) bond motifs is 1. The third-order valence-corrected chi connectivity index (χ3v) is 3.79. The molecule has 0 aliphatic heterocycles. The summed E-state index contributed by atoms with van der Waals surface area (Å²) in [6, 6.07) is 7.46. The Hall–Kier alpha value is -1.44. The molecule has 0 saturated heterocycles. The highest BCUT2D eigenvalue weighted by molar-refractivity contribution is 6.18. The van der Waals surface area contributed by atoms with Crippen LogP contribution in [-0.4, -0.2) is 11.6 Å². The Morgan fingerprint density at radius 1 is 1.12 bits per heavy atom. The topological polar surface area (TPSA) is 34.1 Å². The summed E-state index contributed by atoms with van der Waals surface area (Å²) in [6.07, 6.45) is 1.62. The fourth-order valence-electron chi connectivity index (χ4n) is 2.59. The van der Waals surface area contributed by atoms with E-state index in [2.05, 4.69) is 0 Å². The second-order valence-electron chi connectivity index (χ2n) is 4.38. The van der Waals surface area contributed by atoms with E-state index in [1.54, 1.807) is 0 Å². The first kappa shape index (κ1) is 11.1. The number of benzene rings is 1. The van der Waals surface area contributed by atoms with E-state index in [9.17, 15) is 9.59 Å². The first-order chi connectivity index (χ1) is 7.65. The Kier molecular flexibility index (Phi) is 2.66. The minimum atomic E-state index is -0.756. The number of carbonyl (C=O) groups excluding carboxylic acids is 2. The molecule has 16 heavy (non-hydrogen) atoms. The van der Waals surface area contributed by atoms with Crippen molar-refractivity contribution in [2.45, 2.75) is 33.1 Å². The number of rotatable bonds is 2. The van der Waals surface area contributed by atoms with E-state index in [1.165, 1.54) is 0 Å². The molecule has 0 heterocycles. The van der Waals surface area contributed by atoms with Crippen molar-refractivity contribution in [3.8, 4) is 0 Å². The quantitative estimate of drug-likeness (QED) is 0.712. The average Bonchev–Trinajstić information content (AvgIpc) is 2.31. The first-order valence-corrected chi connectivity index (χ1v) is 5.81. The smallest absolute Gasteiger partial charge is 0.176 e. The summed E-state index contributed by atoms with van der Waals surface area (Å²) in [5.41, 5.74) is 0.870. The van der Waals surface area contributed by atoms with E-state index >= 15 is 0 Å². The molecule has 0 atom stereocenters. The molecule has 0 saturated carbocycles. The summed E-state index contributed by atoms with van der Waals surface area (Å²) in [5, 5.41) is 0. The molecule has 0 radical (unpaired) electrons. The van der Waals surface area contributed by atoms with Crippen LogP contribution in [0.2, 0.25) is 0 Å². The summed E-state index contributed by atoms with van der Waals surface area (Å²) in [6.45, 7) is 3.85. The van der Waals surface area contributed by atoms with E-state index in [-0.39, 0.29) is 11.6 Å². The number of ketones is 2. The van der Waals surface area contributed by atoms with Crippen molar-refractivity contribution in [3.63, 3.8) is 0 Å². The standard InChI is InChI=1S/C14H16O2/c1-3-14(4-2)12(15)9-10-7-5-6-8-11(10)13(14)16/h5-8H,3-4,9H2,1-2H3. The van der Waals surface area contributed by atoms with Crippen LogP contribution >= 0.6 is 0 Å². The van der Waals surface area contributed by atoms with Gasteiger partial charge in [0.1, 0.15) is 0 Å². The van der Waals surface area contributed by atoms with Crippen LogP contribution in [0.5, 0.6) is 0 Å². The second kappa shape index (κ2) is 3.85. The zero-order valence-electron chi connectivity index (χ0n) is 9.75. The van der Waals surface area contributed by atoms with Crippen LogP contribution in [0.25, 0.3) is 0 Å². The Labute approximate surface area is 95.7 Å². The predicted octanol–water partition coefficient (Wildman–Crippen LogP) is 2.80. The lowest BCUT2D eigenvalue weighted by Crippen LogP contribution is -2.43. The second-order valence-corrected chi connectivity index (χ2v) is 4.38. The van der Waals surface area contributed by atoms with E-state index in [0.29, 0.717) is 19.3 Å². The highest BCUT2D eigenvalue weighted by atomic mass is 16.2. The summed E-state index contributed by atoms with van der Waals surface area (Å²) in [4.78, 5) is 24.5. The van der Waals surface area contributed by atoms with Gasteiger partial charge in [0.15, 0.2) is 11.6 Å². The lowest BCUT2D eigenvalue weighted by Gasteiger charge is -2.33. The molecule has 0 N–H and O–H groups in total. The van der Waals surface area contributed by atoms with E-state index < -0.39 is 5.41 Å². The largest absolute Gasteiger partial charge is 0.298 e. The van der Waals surface area contributed by atoms with Gasteiger partial charge in [-0.3, -0.25) is 9.59 Å². The number of hydrogen-bond acceptors (Lipinski definition) is 2. The van der Waals surface area contributed by atoms with Crippen LogP contribution in [0.15, 0.2) is 24.3 Å². The van der Waals surface area contributed by atoms with Gasteiger partial charge in [-0.2, -0.15) is 0 Å². The van der Waals surface area contributed by atoms with Crippen molar-refractivity contribution in [1.29, 1.82) is 0 Å². The molecule has 0 fully saturated rings. The number of carbonyl (C=O) groups is 2. The number of Topliss-reactive ketones (excluding diaryl/α,β-unsaturated/α-hetero) is 2. The van der Waals surface area contributed by atoms with Crippen molar-refractivity contribution in [1.82, 2.24) is 0 Å². The SMILES string of the molecule is CCC1(CC)C(=O)Cc2ccccc2C1=O. The van der Waals surface area contributed by atoms with Gasteiger partial charge in [0, 0.05) is 12.0 Å². The molecule has 0 bridgehead atoms. The van der Waals surface area contributed by atoms with Crippen LogP contribution in [-0.2, 0) is 11.2 Å². The van der Waals surface area contributed by atoms with Crippen molar-refractivity contribution in [3.05, 3.63) is 35.4 Å². The fraction of sp³-hybridized carbons (Fsp3) is 0.429. The summed E-state index contributed by atoms with van der Waals surface area (Å²) < 4.78 is 0. The molecule has 0 spiro atoms. The van der Waals surface area contributed by atoms with Crippen molar-refractivity contribution in [2.75, 3.05) is 0 Å². The van der Waals surface area contributed by atoms with Gasteiger partial charge in [0.2, 0.25) is 0 Å². The Bertz CT molecular complexity index is 442. The van der Waals surface area contributed by atoms with Gasteiger partial charge >= 0.3 is 0 Å². The van der Waals surface area contributed by atoms with Gasteiger partial charge in [-0.05, 0) is 18.4 Å². The zero-order chi connectivity index (χ0) is 11.8. The normalized spacial score (nSPS) is 18.4. The van der Waals surface area contributed by atoms with Crippen LogP contribution in [0.3, 0.4) is 0 Å². The lowest BCUT2D eigenvalue weighted by molar-refractivity contribution is -0.126. The lowest BCUT2D eigenvalue weighted by atomic mass is 9.66. The Morgan fingerprint density at radius 2 is 1.75 bits per heavy atom. The molecule has 2 rings (SSSR count). The molecule has 0 amide bonds. The van der Waals surface area contributed by atoms with Gasteiger partial charge in [-0.1, -0.05) is 38.1 Å². The monoisotopic (exact) mass is 216 g/mol. The first-order valence-electron chi connectivity index (χ1n) is 5.81. The molecule has 1 aliphatic rings. The molecule has 1 aliphatic carbocycles. The molecule has 2 nitrogen and oxygen atoms in total. The summed E-state index contributed by atoms with van der Waals surface area (Å²) in [5.74, 6) is 0.102. The molecule has 1 aromatic carbocycles. The Morgan fingerprint density at radius 3 is 2.38 bits per heavy atom. The zero-order valence-corrected chi connectivity index (χ0v) is 9.75. The minimum Gasteiger partial charge on any atom is -0.298 e. The maximum Gasteiger partial charge on any atom is 0.176 e. The maximum absolute atomic E-state index is 12.4. The van der Waals surface area contributed by atoms with E-state index in [4.69, 9.17) is 0 Å². The summed E-state index contributed by atoms with van der Waals surface area (Å²) in [7, 11) is 0. The predicted molar refractivity (Wildman–Crippen MR) is 62.5 cm³/mol. The maximum atomic E-state index is 12.4. The van der Waals surface area contributed by atoms with Crippen LogP contribution in [0.4, 0.5) is 0 Å². The van der Waals surface area contributed by atoms with E-state index in [1.807, 2.05) is 38.1 Å². The van der Waals surface area contributed by atoms with Crippen LogP contribution in [0.1, 0.15) is 42.6 Å². The molecule has 1 aromatic rings. The third kappa shape index (κ3) is 1.33. The van der Waals surface area contributed by atoms with Gasteiger partial charge in [-0.25, -0.2) is 0 Å².